The van der Waals surface area contributed by atoms with Crippen LogP contribution in [0.3, 0.4) is 0 Å². The van der Waals surface area contributed by atoms with Gasteiger partial charge in [0.05, 0.1) is 0 Å². The maximum absolute atomic E-state index is 6.20. The highest BCUT2D eigenvalue weighted by molar-refractivity contribution is 8.03. The molecule has 0 radical (unpaired) electrons. The highest BCUT2D eigenvalue weighted by Gasteiger charge is 2.31. The zero-order chi connectivity index (χ0) is 12.7. The predicted octanol–water partition coefficient (Wildman–Crippen LogP) is 5.27. The lowest BCUT2D eigenvalue weighted by molar-refractivity contribution is 0.445. The van der Waals surface area contributed by atoms with Gasteiger partial charge in [-0.25, -0.2) is 0 Å². The first-order valence-electron chi connectivity index (χ1n) is 6.26. The molecule has 0 fully saturated rings. The molecule has 94 valence electrons. The van der Waals surface area contributed by atoms with Crippen molar-refractivity contribution in [2.75, 3.05) is 0 Å². The summed E-state index contributed by atoms with van der Waals surface area (Å²) in [5.74, 6) is 0. The molecular formula is C14H22OSSi. The molecule has 1 nitrogen and oxygen atoms in total. The van der Waals surface area contributed by atoms with Crippen LogP contribution in [0.25, 0.3) is 0 Å². The summed E-state index contributed by atoms with van der Waals surface area (Å²) in [5.41, 5.74) is 0. The fourth-order valence-electron chi connectivity index (χ4n) is 1.85. The van der Waals surface area contributed by atoms with Gasteiger partial charge < -0.3 is 4.43 Å². The Balaban J connectivity index is 2.60. The molecule has 0 unspecified atom stereocenters. The Kier molecular flexibility index (Phi) is 5.85. The van der Waals surface area contributed by atoms with Gasteiger partial charge in [-0.05, 0) is 30.3 Å². The minimum Gasteiger partial charge on any atom is -0.539 e. The molecule has 1 aromatic carbocycles. The monoisotopic (exact) mass is 266 g/mol. The van der Waals surface area contributed by atoms with Crippen LogP contribution in [0.2, 0.25) is 18.1 Å². The van der Waals surface area contributed by atoms with E-state index in [-0.39, 0.29) is 0 Å². The molecule has 0 heterocycles. The Morgan fingerprint density at radius 1 is 1.12 bits per heavy atom. The van der Waals surface area contributed by atoms with Crippen LogP contribution < -0.4 is 0 Å². The quantitative estimate of drug-likeness (QED) is 0.377. The molecule has 0 spiro atoms. The molecule has 0 saturated carbocycles. The molecule has 0 aliphatic carbocycles. The number of benzene rings is 1. The first kappa shape index (κ1) is 14.4. The third kappa shape index (κ3) is 4.24. The molecule has 1 rings (SSSR count). The average Bonchev–Trinajstić information content (AvgIpc) is 2.37. The summed E-state index contributed by atoms with van der Waals surface area (Å²) in [7, 11) is -1.55. The lowest BCUT2D eigenvalue weighted by Crippen LogP contribution is -2.34. The van der Waals surface area contributed by atoms with Gasteiger partial charge >= 0.3 is 0 Å². The maximum atomic E-state index is 6.20. The first-order valence-corrected chi connectivity index (χ1v) is 9.61. The van der Waals surface area contributed by atoms with Crippen molar-refractivity contribution in [1.29, 1.82) is 0 Å². The highest BCUT2D eigenvalue weighted by Crippen LogP contribution is 2.32. The van der Waals surface area contributed by atoms with Crippen LogP contribution >= 0.6 is 11.8 Å². The summed E-state index contributed by atoms with van der Waals surface area (Å²) >= 11 is 1.63. The van der Waals surface area contributed by atoms with E-state index in [1.54, 1.807) is 11.8 Å². The van der Waals surface area contributed by atoms with E-state index in [2.05, 4.69) is 39.5 Å². The Morgan fingerprint density at radius 3 is 2.12 bits per heavy atom. The molecular weight excluding hydrogens is 244 g/mol. The lowest BCUT2D eigenvalue weighted by Gasteiger charge is -2.29. The van der Waals surface area contributed by atoms with Gasteiger partial charge in [-0.1, -0.05) is 57.3 Å². The predicted molar refractivity (Wildman–Crippen MR) is 79.7 cm³/mol. The highest BCUT2D eigenvalue weighted by atomic mass is 32.2. The van der Waals surface area contributed by atoms with Crippen molar-refractivity contribution in [2.45, 2.75) is 43.8 Å². The second-order valence-electron chi connectivity index (χ2n) is 4.13. The molecule has 3 heteroatoms. The van der Waals surface area contributed by atoms with E-state index in [1.165, 1.54) is 4.90 Å². The third-order valence-electron chi connectivity index (χ3n) is 3.24. The Labute approximate surface area is 110 Å². The van der Waals surface area contributed by atoms with Crippen molar-refractivity contribution >= 4 is 20.1 Å². The Morgan fingerprint density at radius 2 is 1.65 bits per heavy atom. The van der Waals surface area contributed by atoms with Crippen LogP contribution in [0.15, 0.2) is 46.9 Å². The number of hydrogen-bond acceptors (Lipinski definition) is 2. The van der Waals surface area contributed by atoms with Crippen molar-refractivity contribution in [3.8, 4) is 0 Å². The van der Waals surface area contributed by atoms with E-state index in [1.807, 2.05) is 18.2 Å². The number of hydrogen-bond donors (Lipinski definition) is 0. The maximum Gasteiger partial charge on any atom is 0.251 e. The van der Waals surface area contributed by atoms with Crippen molar-refractivity contribution in [3.63, 3.8) is 0 Å². The van der Waals surface area contributed by atoms with Crippen LogP contribution in [0.4, 0.5) is 0 Å². The lowest BCUT2D eigenvalue weighted by atomic mass is 10.4. The van der Waals surface area contributed by atoms with E-state index < -0.39 is 8.32 Å². The summed E-state index contributed by atoms with van der Waals surface area (Å²) in [5, 5.41) is 0.855. The van der Waals surface area contributed by atoms with Crippen LogP contribution in [0.1, 0.15) is 20.8 Å². The van der Waals surface area contributed by atoms with E-state index in [9.17, 15) is 0 Å². The minimum absolute atomic E-state index is 0.855. The normalized spacial score (nSPS) is 11.2. The second kappa shape index (κ2) is 6.92. The first-order chi connectivity index (χ1) is 8.15. The van der Waals surface area contributed by atoms with Crippen LogP contribution in [-0.2, 0) is 4.43 Å². The fraction of sp³-hybridized carbons (Fsp3) is 0.429. The minimum atomic E-state index is -1.55. The van der Waals surface area contributed by atoms with E-state index in [4.69, 9.17) is 4.43 Å². The van der Waals surface area contributed by atoms with E-state index >= 15 is 0 Å². The van der Waals surface area contributed by atoms with Gasteiger partial charge in [0.15, 0.2) is 0 Å². The summed E-state index contributed by atoms with van der Waals surface area (Å²) in [6, 6.07) is 13.8. The third-order valence-corrected chi connectivity index (χ3v) is 8.75. The van der Waals surface area contributed by atoms with Crippen molar-refractivity contribution in [3.05, 3.63) is 42.0 Å². The summed E-state index contributed by atoms with van der Waals surface area (Å²) in [6.07, 6.45) is 0. The molecule has 1 aromatic rings. The smallest absolute Gasteiger partial charge is 0.251 e. The average molecular weight is 266 g/mol. The largest absolute Gasteiger partial charge is 0.539 e. The summed E-state index contributed by atoms with van der Waals surface area (Å²) < 4.78 is 6.20. The van der Waals surface area contributed by atoms with Crippen LogP contribution in [0, 0.1) is 0 Å². The van der Waals surface area contributed by atoms with Gasteiger partial charge in [0.25, 0.3) is 8.32 Å². The van der Waals surface area contributed by atoms with Gasteiger partial charge in [-0.15, -0.1) is 0 Å². The molecule has 0 atom stereocenters. The standard InChI is InChI=1S/C14H22OSSi/c1-5-17(6-2,7-3)15-13(4)16-14-11-9-8-10-12-14/h8-12H,4-7H2,1-3H3. The van der Waals surface area contributed by atoms with Crippen LogP contribution in [0.5, 0.6) is 0 Å². The Bertz CT molecular complexity index is 338. The van der Waals surface area contributed by atoms with Crippen LogP contribution in [-0.4, -0.2) is 8.32 Å². The van der Waals surface area contributed by atoms with Crippen molar-refractivity contribution in [1.82, 2.24) is 0 Å². The number of thioether (sulfide) groups is 1. The Hall–Kier alpha value is -0.673. The molecule has 0 amide bonds. The molecule has 0 aliphatic heterocycles. The molecule has 0 N–H and O–H groups in total. The van der Waals surface area contributed by atoms with Gasteiger partial charge in [-0.2, -0.15) is 0 Å². The van der Waals surface area contributed by atoms with Gasteiger partial charge in [-0.3, -0.25) is 0 Å². The zero-order valence-corrected chi connectivity index (χ0v) is 12.8. The van der Waals surface area contributed by atoms with E-state index in [0.717, 1.165) is 23.2 Å². The molecule has 0 saturated heterocycles. The SMILES string of the molecule is C=C(O[Si](CC)(CC)CC)Sc1ccccc1. The summed E-state index contributed by atoms with van der Waals surface area (Å²) in [6.45, 7) is 10.8. The topological polar surface area (TPSA) is 9.23 Å². The van der Waals surface area contributed by atoms with Gasteiger partial charge in [0.1, 0.15) is 5.09 Å². The summed E-state index contributed by atoms with van der Waals surface area (Å²) in [4.78, 5) is 1.20. The van der Waals surface area contributed by atoms with Crippen molar-refractivity contribution < 1.29 is 4.43 Å². The van der Waals surface area contributed by atoms with Crippen molar-refractivity contribution in [2.24, 2.45) is 0 Å². The molecule has 0 bridgehead atoms. The zero-order valence-electron chi connectivity index (χ0n) is 11.0. The molecule has 0 aromatic heterocycles. The van der Waals surface area contributed by atoms with Gasteiger partial charge in [0, 0.05) is 4.90 Å². The number of rotatable bonds is 7. The van der Waals surface area contributed by atoms with Gasteiger partial charge in [0.2, 0.25) is 0 Å². The molecule has 0 aliphatic rings. The fourth-order valence-corrected chi connectivity index (χ4v) is 5.52. The second-order valence-corrected chi connectivity index (χ2v) is 9.96. The molecule has 17 heavy (non-hydrogen) atoms. The van der Waals surface area contributed by atoms with E-state index in [0.29, 0.717) is 0 Å².